The first-order valence-electron chi connectivity index (χ1n) is 8.97. The van der Waals surface area contributed by atoms with Crippen molar-refractivity contribution in [1.82, 2.24) is 4.90 Å². The molecule has 0 aromatic heterocycles. The van der Waals surface area contributed by atoms with Crippen LogP contribution in [0.4, 0.5) is 5.69 Å². The van der Waals surface area contributed by atoms with Crippen molar-refractivity contribution in [2.24, 2.45) is 5.73 Å². The fourth-order valence-corrected chi connectivity index (χ4v) is 3.44. The number of carbonyl (C=O) groups is 2. The number of benzene rings is 2. The number of nitrogens with two attached hydrogens (primary N) is 1. The van der Waals surface area contributed by atoms with Gasteiger partial charge >= 0.3 is 0 Å². The minimum absolute atomic E-state index is 0.0783. The molecule has 0 radical (unpaired) electrons. The minimum atomic E-state index is -0.595. The molecule has 1 aliphatic heterocycles. The standard InChI is InChI=1S/C20H21N3O5/c1-3-28-17-11-12(7-8-16(17)27-2)15(9-10-21)23-19(24)13-5-4-6-14(22-26)18(13)20(23)25/h4-8,11,15H,3,9-10,21H2,1-2H3/p+1. The molecule has 2 aromatic carbocycles. The van der Waals surface area contributed by atoms with Crippen molar-refractivity contribution >= 4 is 17.5 Å². The number of ether oxygens (including phenoxy) is 2. The Morgan fingerprint density at radius 3 is 2.57 bits per heavy atom. The van der Waals surface area contributed by atoms with Crippen molar-refractivity contribution < 1.29 is 24.2 Å². The number of imide groups is 1. The van der Waals surface area contributed by atoms with E-state index in [4.69, 9.17) is 15.2 Å². The Morgan fingerprint density at radius 2 is 1.93 bits per heavy atom. The van der Waals surface area contributed by atoms with Gasteiger partial charge < -0.3 is 15.2 Å². The number of carbonyl (C=O) groups excluding carboxylic acids is 2. The predicted octanol–water partition coefficient (Wildman–Crippen LogP) is 1.26. The molecule has 1 heterocycles. The van der Waals surface area contributed by atoms with Crippen molar-refractivity contribution in [3.63, 3.8) is 0 Å². The van der Waals surface area contributed by atoms with Gasteiger partial charge in [0.1, 0.15) is 5.56 Å². The number of hydrogen-bond acceptors (Lipinski definition) is 6. The minimum Gasteiger partial charge on any atom is -0.493 e. The molecule has 1 aliphatic rings. The fourth-order valence-electron chi connectivity index (χ4n) is 3.44. The van der Waals surface area contributed by atoms with Crippen LogP contribution in [0.2, 0.25) is 0 Å². The molecular weight excluding hydrogens is 362 g/mol. The zero-order valence-corrected chi connectivity index (χ0v) is 15.7. The van der Waals surface area contributed by atoms with Gasteiger partial charge in [-0.05, 0) is 43.7 Å². The molecule has 2 aromatic rings. The highest BCUT2D eigenvalue weighted by atomic mass is 16.5. The van der Waals surface area contributed by atoms with Crippen molar-refractivity contribution in [1.29, 1.82) is 0 Å². The topological polar surface area (TPSA) is 113 Å². The zero-order chi connectivity index (χ0) is 20.3. The number of rotatable bonds is 8. The Labute approximate surface area is 162 Å². The van der Waals surface area contributed by atoms with Crippen LogP contribution in [0.25, 0.3) is 0 Å². The number of hydrogen-bond donors (Lipinski definition) is 2. The van der Waals surface area contributed by atoms with Crippen LogP contribution in [0.1, 0.15) is 45.7 Å². The summed E-state index contributed by atoms with van der Waals surface area (Å²) in [6.45, 7) is 2.55. The number of nitroso groups, excluding NO2 is 1. The van der Waals surface area contributed by atoms with Crippen LogP contribution in [-0.2, 0) is 0 Å². The molecule has 8 heteroatoms. The molecular formula is C20H22N3O5+. The lowest BCUT2D eigenvalue weighted by Gasteiger charge is -2.27. The van der Waals surface area contributed by atoms with Gasteiger partial charge in [-0.3, -0.25) is 14.5 Å². The first kappa shape index (κ1) is 19.5. The van der Waals surface area contributed by atoms with Crippen LogP contribution in [0, 0.1) is 4.91 Å². The predicted molar refractivity (Wildman–Crippen MR) is 102 cm³/mol. The Kier molecular flexibility index (Phi) is 5.70. The summed E-state index contributed by atoms with van der Waals surface area (Å²) in [5, 5.41) is 1.74. The summed E-state index contributed by atoms with van der Waals surface area (Å²) in [7, 11) is 1.54. The van der Waals surface area contributed by atoms with Gasteiger partial charge in [0.15, 0.2) is 11.5 Å². The molecule has 146 valence electrons. The number of amides is 2. The highest BCUT2D eigenvalue weighted by Gasteiger charge is 2.43. The molecule has 0 aliphatic carbocycles. The summed E-state index contributed by atoms with van der Waals surface area (Å²) >= 11 is 0. The van der Waals surface area contributed by atoms with Gasteiger partial charge in [0, 0.05) is 16.2 Å². The van der Waals surface area contributed by atoms with Crippen molar-refractivity contribution in [3.8, 4) is 11.5 Å². The summed E-state index contributed by atoms with van der Waals surface area (Å²) in [5.41, 5.74) is 6.83. The maximum absolute atomic E-state index is 13.0. The lowest BCUT2D eigenvalue weighted by molar-refractivity contribution is -0.379. The number of nitrogens with one attached hydrogen (secondary N) is 1. The first-order valence-corrected chi connectivity index (χ1v) is 8.97. The van der Waals surface area contributed by atoms with Crippen LogP contribution in [0.3, 0.4) is 0 Å². The van der Waals surface area contributed by atoms with Gasteiger partial charge in [-0.15, -0.1) is 0 Å². The van der Waals surface area contributed by atoms with E-state index in [1.54, 1.807) is 29.4 Å². The van der Waals surface area contributed by atoms with E-state index in [2.05, 4.69) is 0 Å². The van der Waals surface area contributed by atoms with Crippen molar-refractivity contribution in [2.75, 3.05) is 20.3 Å². The van der Waals surface area contributed by atoms with E-state index in [1.165, 1.54) is 19.2 Å². The van der Waals surface area contributed by atoms with Crippen LogP contribution >= 0.6 is 0 Å². The Balaban J connectivity index is 2.07. The third-order valence-electron chi connectivity index (χ3n) is 4.68. The normalized spacial score (nSPS) is 14.0. The fraction of sp³-hybridized carbons (Fsp3) is 0.300. The smallest absolute Gasteiger partial charge is 0.269 e. The molecule has 0 bridgehead atoms. The number of fused-ring (bicyclic) bond motifs is 1. The summed E-state index contributed by atoms with van der Waals surface area (Å²) in [6, 6.07) is 9.23. The van der Waals surface area contributed by atoms with Crippen molar-refractivity contribution in [3.05, 3.63) is 58.0 Å². The highest BCUT2D eigenvalue weighted by molar-refractivity contribution is 6.23. The van der Waals surface area contributed by atoms with E-state index in [-0.39, 0.29) is 23.4 Å². The van der Waals surface area contributed by atoms with Gasteiger partial charge in [0.05, 0.1) is 25.3 Å². The van der Waals surface area contributed by atoms with Crippen LogP contribution in [-0.4, -0.2) is 37.0 Å². The van der Waals surface area contributed by atoms with Crippen LogP contribution in [0.5, 0.6) is 11.5 Å². The van der Waals surface area contributed by atoms with E-state index in [0.717, 1.165) is 4.90 Å². The highest BCUT2D eigenvalue weighted by Crippen LogP contribution is 2.38. The average molecular weight is 384 g/mol. The van der Waals surface area contributed by atoms with Gasteiger partial charge in [-0.1, -0.05) is 12.1 Å². The molecule has 1 atom stereocenters. The van der Waals surface area contributed by atoms with E-state index in [1.807, 2.05) is 6.92 Å². The summed E-state index contributed by atoms with van der Waals surface area (Å²) < 4.78 is 10.9. The molecule has 1 unspecified atom stereocenters. The third kappa shape index (κ3) is 3.22. The van der Waals surface area contributed by atoms with E-state index >= 15 is 0 Å². The Morgan fingerprint density at radius 1 is 1.14 bits per heavy atom. The SMILES string of the molecule is CCOc1cc(C(CCN)N2C(=O)c3cccc([NH+]=O)c3C2=O)ccc1OC. The molecule has 0 spiro atoms. The van der Waals surface area contributed by atoms with Gasteiger partial charge in [-0.2, -0.15) is 0 Å². The maximum Gasteiger partial charge on any atom is 0.269 e. The second-order valence-electron chi connectivity index (χ2n) is 6.25. The average Bonchev–Trinajstić information content (AvgIpc) is 2.97. The van der Waals surface area contributed by atoms with Crippen LogP contribution in [0.15, 0.2) is 36.4 Å². The van der Waals surface area contributed by atoms with Gasteiger partial charge in [-0.25, -0.2) is 0 Å². The zero-order valence-electron chi connectivity index (χ0n) is 15.7. The van der Waals surface area contributed by atoms with Gasteiger partial charge in [0.2, 0.25) is 0 Å². The lowest BCUT2D eigenvalue weighted by atomic mass is 10.0. The number of nitrogens with zero attached hydrogens (tertiary/aromatic N) is 1. The molecule has 0 saturated heterocycles. The number of methoxy groups -OCH3 is 1. The Bertz CT molecular complexity index is 928. The lowest BCUT2D eigenvalue weighted by Crippen LogP contribution is -2.56. The molecule has 28 heavy (non-hydrogen) atoms. The van der Waals surface area contributed by atoms with E-state index in [9.17, 15) is 14.5 Å². The first-order chi connectivity index (χ1) is 13.6. The summed E-state index contributed by atoms with van der Waals surface area (Å²) in [6.07, 6.45) is 0.365. The van der Waals surface area contributed by atoms with E-state index < -0.39 is 17.9 Å². The second-order valence-corrected chi connectivity index (χ2v) is 6.25. The molecule has 0 fully saturated rings. The molecule has 2 amide bonds. The van der Waals surface area contributed by atoms with Gasteiger partial charge in [0.25, 0.3) is 17.5 Å². The summed E-state index contributed by atoms with van der Waals surface area (Å²) in [5.74, 6) is 0.0934. The Hall–Kier alpha value is -3.26. The maximum atomic E-state index is 13.0. The van der Waals surface area contributed by atoms with E-state index in [0.29, 0.717) is 30.1 Å². The molecule has 0 saturated carbocycles. The van der Waals surface area contributed by atoms with Crippen LogP contribution < -0.4 is 20.4 Å². The molecule has 3 rings (SSSR count). The van der Waals surface area contributed by atoms with Crippen molar-refractivity contribution in [2.45, 2.75) is 19.4 Å². The summed E-state index contributed by atoms with van der Waals surface area (Å²) in [4.78, 5) is 38.4. The second kappa shape index (κ2) is 8.18. The third-order valence-corrected chi connectivity index (χ3v) is 4.68. The molecule has 3 N–H and O–H groups in total. The largest absolute Gasteiger partial charge is 0.493 e. The monoisotopic (exact) mass is 384 g/mol. The molecule has 8 nitrogen and oxygen atoms in total. The quantitative estimate of drug-likeness (QED) is 0.663.